The molecule has 2 aromatic heterocycles. The van der Waals surface area contributed by atoms with Crippen LogP contribution in [-0.2, 0) is 6.54 Å². The molecule has 0 bridgehead atoms. The van der Waals surface area contributed by atoms with Crippen molar-refractivity contribution in [2.45, 2.75) is 20.4 Å². The van der Waals surface area contributed by atoms with Gasteiger partial charge in [0.05, 0.1) is 12.8 Å². The number of aromatic nitrogens is 2. The Labute approximate surface area is 142 Å². The van der Waals surface area contributed by atoms with Crippen LogP contribution in [0.25, 0.3) is 0 Å². The molecular weight excluding hydrogens is 322 g/mol. The maximum atomic E-state index is 12.5. The van der Waals surface area contributed by atoms with Crippen LogP contribution in [0.1, 0.15) is 27.2 Å². The number of nitrogens with zero attached hydrogens (tertiary/aromatic N) is 1. The third-order valence-electron chi connectivity index (χ3n) is 3.83. The Morgan fingerprint density at radius 1 is 1.24 bits per heavy atom. The molecule has 0 aliphatic rings. The lowest BCUT2D eigenvalue weighted by atomic mass is 10.1. The van der Waals surface area contributed by atoms with E-state index in [1.54, 1.807) is 18.2 Å². The van der Waals surface area contributed by atoms with Crippen LogP contribution in [0.5, 0.6) is 0 Å². The average Bonchev–Trinajstić information content (AvgIpc) is 3.07. The number of anilines is 1. The zero-order chi connectivity index (χ0) is 18.0. The first-order chi connectivity index (χ1) is 12.0. The molecule has 0 aliphatic heterocycles. The molecule has 1 amide bonds. The first kappa shape index (κ1) is 16.5. The van der Waals surface area contributed by atoms with Crippen molar-refractivity contribution in [3.63, 3.8) is 0 Å². The van der Waals surface area contributed by atoms with E-state index < -0.39 is 17.2 Å². The summed E-state index contributed by atoms with van der Waals surface area (Å²) in [5.74, 6) is -0.138. The molecular formula is C18H17N3O4. The third kappa shape index (κ3) is 3.45. The summed E-state index contributed by atoms with van der Waals surface area (Å²) in [6.07, 6.45) is 2.58. The van der Waals surface area contributed by atoms with E-state index in [4.69, 9.17) is 4.42 Å². The second-order valence-electron chi connectivity index (χ2n) is 5.75. The predicted molar refractivity (Wildman–Crippen MR) is 93.0 cm³/mol. The number of nitrogens with one attached hydrogen (secondary N) is 2. The Morgan fingerprint density at radius 2 is 2.04 bits per heavy atom. The quantitative estimate of drug-likeness (QED) is 0.760. The van der Waals surface area contributed by atoms with Gasteiger partial charge in [-0.3, -0.25) is 14.2 Å². The molecule has 0 fully saturated rings. The lowest BCUT2D eigenvalue weighted by Gasteiger charge is -2.10. The SMILES string of the molecule is Cc1ccc(NC(=O)c2c[nH]c(=O)n(Cc3ccco3)c2=O)c(C)c1. The molecule has 0 atom stereocenters. The van der Waals surface area contributed by atoms with E-state index >= 15 is 0 Å². The van der Waals surface area contributed by atoms with Crippen molar-refractivity contribution in [1.29, 1.82) is 0 Å². The fraction of sp³-hybridized carbons (Fsp3) is 0.167. The molecule has 7 heteroatoms. The topological polar surface area (TPSA) is 97.1 Å². The average molecular weight is 339 g/mol. The molecule has 0 radical (unpaired) electrons. The largest absolute Gasteiger partial charge is 0.467 e. The minimum atomic E-state index is -0.678. The number of carbonyl (C=O) groups excluding carboxylic acids is 1. The van der Waals surface area contributed by atoms with Crippen molar-refractivity contribution in [1.82, 2.24) is 9.55 Å². The first-order valence-electron chi connectivity index (χ1n) is 7.69. The van der Waals surface area contributed by atoms with Gasteiger partial charge in [0.1, 0.15) is 11.3 Å². The van der Waals surface area contributed by atoms with E-state index in [2.05, 4.69) is 10.3 Å². The molecule has 0 spiro atoms. The van der Waals surface area contributed by atoms with Crippen molar-refractivity contribution >= 4 is 11.6 Å². The van der Waals surface area contributed by atoms with E-state index in [-0.39, 0.29) is 12.1 Å². The van der Waals surface area contributed by atoms with Crippen LogP contribution < -0.4 is 16.6 Å². The van der Waals surface area contributed by atoms with Gasteiger partial charge in [-0.15, -0.1) is 0 Å². The number of benzene rings is 1. The molecule has 7 nitrogen and oxygen atoms in total. The van der Waals surface area contributed by atoms with Crippen molar-refractivity contribution in [3.05, 3.63) is 86.1 Å². The number of furan rings is 1. The van der Waals surface area contributed by atoms with Gasteiger partial charge < -0.3 is 14.7 Å². The molecule has 25 heavy (non-hydrogen) atoms. The summed E-state index contributed by atoms with van der Waals surface area (Å²) >= 11 is 0. The zero-order valence-electron chi connectivity index (χ0n) is 13.8. The van der Waals surface area contributed by atoms with Gasteiger partial charge in [-0.2, -0.15) is 0 Å². The second kappa shape index (κ2) is 6.64. The maximum Gasteiger partial charge on any atom is 0.328 e. The normalized spacial score (nSPS) is 10.6. The van der Waals surface area contributed by atoms with E-state index in [0.717, 1.165) is 21.9 Å². The molecule has 1 aromatic carbocycles. The summed E-state index contributed by atoms with van der Waals surface area (Å²) in [6, 6.07) is 8.87. The number of hydrogen-bond donors (Lipinski definition) is 2. The lowest BCUT2D eigenvalue weighted by Crippen LogP contribution is -2.39. The fourth-order valence-electron chi connectivity index (χ4n) is 2.52. The highest BCUT2D eigenvalue weighted by molar-refractivity contribution is 6.04. The highest BCUT2D eigenvalue weighted by Gasteiger charge is 2.16. The number of aromatic amines is 1. The number of hydrogen-bond acceptors (Lipinski definition) is 4. The monoisotopic (exact) mass is 339 g/mol. The summed E-state index contributed by atoms with van der Waals surface area (Å²) in [7, 11) is 0. The standard InChI is InChI=1S/C18H17N3O4/c1-11-5-6-15(12(2)8-11)20-16(22)14-9-19-18(24)21(17(14)23)10-13-4-3-7-25-13/h3-9H,10H2,1-2H3,(H,19,24)(H,20,22). The summed E-state index contributed by atoms with van der Waals surface area (Å²) in [6.45, 7) is 3.77. The summed E-state index contributed by atoms with van der Waals surface area (Å²) in [5, 5.41) is 2.70. The highest BCUT2D eigenvalue weighted by Crippen LogP contribution is 2.16. The molecule has 128 valence electrons. The third-order valence-corrected chi connectivity index (χ3v) is 3.83. The van der Waals surface area contributed by atoms with Gasteiger partial charge in [0.2, 0.25) is 0 Å². The molecule has 3 rings (SSSR count). The van der Waals surface area contributed by atoms with Crippen LogP contribution in [-0.4, -0.2) is 15.5 Å². The molecule has 0 saturated carbocycles. The Hall–Kier alpha value is -3.35. The van der Waals surface area contributed by atoms with Crippen LogP contribution in [0.4, 0.5) is 5.69 Å². The van der Waals surface area contributed by atoms with Crippen molar-refractivity contribution in [2.24, 2.45) is 0 Å². The smallest absolute Gasteiger partial charge is 0.328 e. The Morgan fingerprint density at radius 3 is 2.72 bits per heavy atom. The zero-order valence-corrected chi connectivity index (χ0v) is 13.8. The van der Waals surface area contributed by atoms with Gasteiger partial charge in [0, 0.05) is 11.9 Å². The molecule has 0 aliphatic carbocycles. The Bertz CT molecular complexity index is 1030. The van der Waals surface area contributed by atoms with Gasteiger partial charge in [-0.05, 0) is 37.6 Å². The van der Waals surface area contributed by atoms with E-state index in [1.165, 1.54) is 6.26 Å². The second-order valence-corrected chi connectivity index (χ2v) is 5.75. The van der Waals surface area contributed by atoms with Gasteiger partial charge in [-0.1, -0.05) is 17.7 Å². The number of amides is 1. The number of rotatable bonds is 4. The van der Waals surface area contributed by atoms with E-state index in [0.29, 0.717) is 11.4 Å². The summed E-state index contributed by atoms with van der Waals surface area (Å²) in [5.41, 5.74) is 1.13. The molecule has 3 aromatic rings. The molecule has 2 heterocycles. The van der Waals surface area contributed by atoms with Gasteiger partial charge >= 0.3 is 5.69 Å². The molecule has 0 unspecified atom stereocenters. The minimum Gasteiger partial charge on any atom is -0.467 e. The highest BCUT2D eigenvalue weighted by atomic mass is 16.3. The van der Waals surface area contributed by atoms with Crippen LogP contribution >= 0.6 is 0 Å². The first-order valence-corrected chi connectivity index (χ1v) is 7.69. The fourth-order valence-corrected chi connectivity index (χ4v) is 2.52. The Balaban J connectivity index is 1.93. The van der Waals surface area contributed by atoms with E-state index in [1.807, 2.05) is 26.0 Å². The van der Waals surface area contributed by atoms with Gasteiger partial charge in [0.15, 0.2) is 0 Å². The van der Waals surface area contributed by atoms with Gasteiger partial charge in [0.25, 0.3) is 11.5 Å². The minimum absolute atomic E-state index is 0.0498. The summed E-state index contributed by atoms with van der Waals surface area (Å²) in [4.78, 5) is 39.3. The van der Waals surface area contributed by atoms with Crippen molar-refractivity contribution < 1.29 is 9.21 Å². The molecule has 2 N–H and O–H groups in total. The van der Waals surface area contributed by atoms with Crippen LogP contribution in [0.2, 0.25) is 0 Å². The molecule has 0 saturated heterocycles. The number of aryl methyl sites for hydroxylation is 2. The number of carbonyl (C=O) groups is 1. The predicted octanol–water partition coefficient (Wildman–Crippen LogP) is 2.05. The maximum absolute atomic E-state index is 12.5. The van der Waals surface area contributed by atoms with Crippen LogP contribution in [0, 0.1) is 13.8 Å². The van der Waals surface area contributed by atoms with Crippen molar-refractivity contribution in [3.8, 4) is 0 Å². The van der Waals surface area contributed by atoms with E-state index in [9.17, 15) is 14.4 Å². The number of H-pyrrole nitrogens is 1. The Kier molecular flexibility index (Phi) is 4.38. The van der Waals surface area contributed by atoms with Gasteiger partial charge in [-0.25, -0.2) is 4.79 Å². The lowest BCUT2D eigenvalue weighted by molar-refractivity contribution is 0.102. The van der Waals surface area contributed by atoms with Crippen LogP contribution in [0.3, 0.4) is 0 Å². The summed E-state index contributed by atoms with van der Waals surface area (Å²) < 4.78 is 6.08. The van der Waals surface area contributed by atoms with Crippen LogP contribution in [0.15, 0.2) is 56.8 Å². The van der Waals surface area contributed by atoms with Crippen molar-refractivity contribution in [2.75, 3.05) is 5.32 Å².